The molecule has 0 aliphatic rings. The van der Waals surface area contributed by atoms with Gasteiger partial charge in [-0.25, -0.2) is 0 Å². The molecule has 1 rings (SSSR count). The third kappa shape index (κ3) is 4.51. The zero-order valence-corrected chi connectivity index (χ0v) is 10.9. The molecule has 0 bridgehead atoms. The van der Waals surface area contributed by atoms with E-state index in [0.717, 1.165) is 22.1 Å². The average molecular weight is 261 g/mol. The van der Waals surface area contributed by atoms with E-state index in [4.69, 9.17) is 17.3 Å². The fourth-order valence-electron chi connectivity index (χ4n) is 1.35. The Bertz CT molecular complexity index is 340. The second-order valence-corrected chi connectivity index (χ2v) is 5.56. The third-order valence-corrected chi connectivity index (χ3v) is 3.59. The number of carbonyl (C=O) groups is 1. The highest BCUT2D eigenvalue weighted by Gasteiger charge is 2.11. The minimum atomic E-state index is 0.0268. The molecule has 1 aromatic rings. The van der Waals surface area contributed by atoms with Crippen molar-refractivity contribution < 1.29 is 4.79 Å². The van der Waals surface area contributed by atoms with Gasteiger partial charge in [0, 0.05) is 10.8 Å². The van der Waals surface area contributed by atoms with Crippen molar-refractivity contribution in [3.05, 3.63) is 21.3 Å². The molecule has 0 spiro atoms. The summed E-state index contributed by atoms with van der Waals surface area (Å²) in [6.07, 6.45) is 1.73. The van der Waals surface area contributed by atoms with E-state index in [1.807, 2.05) is 19.1 Å². The van der Waals surface area contributed by atoms with E-state index in [1.54, 1.807) is 0 Å². The Morgan fingerprint density at radius 3 is 2.94 bits per heavy atom. The van der Waals surface area contributed by atoms with E-state index in [-0.39, 0.29) is 11.8 Å². The van der Waals surface area contributed by atoms with Gasteiger partial charge in [0.15, 0.2) is 0 Å². The van der Waals surface area contributed by atoms with Gasteiger partial charge in [0.1, 0.15) is 0 Å². The first-order valence-corrected chi connectivity index (χ1v) is 6.55. The number of nitrogens with one attached hydrogen (secondary N) is 1. The molecule has 0 fully saturated rings. The molecule has 0 aliphatic heterocycles. The summed E-state index contributed by atoms with van der Waals surface area (Å²) >= 11 is 7.29. The molecule has 0 aromatic carbocycles. The zero-order valence-electron chi connectivity index (χ0n) is 9.33. The number of nitrogens with two attached hydrogens (primary N) is 1. The molecule has 5 heteroatoms. The monoisotopic (exact) mass is 260 g/mol. The van der Waals surface area contributed by atoms with Crippen LogP contribution in [0.1, 0.15) is 24.6 Å². The van der Waals surface area contributed by atoms with Crippen molar-refractivity contribution in [2.24, 2.45) is 11.7 Å². The normalized spacial score (nSPS) is 12.4. The average Bonchev–Trinajstić information content (AvgIpc) is 2.68. The van der Waals surface area contributed by atoms with Gasteiger partial charge in [-0.1, -0.05) is 18.5 Å². The second kappa shape index (κ2) is 6.89. The summed E-state index contributed by atoms with van der Waals surface area (Å²) in [6.45, 7) is 3.12. The maximum atomic E-state index is 11.6. The first-order chi connectivity index (χ1) is 7.63. The van der Waals surface area contributed by atoms with Crippen molar-refractivity contribution in [3.63, 3.8) is 0 Å². The van der Waals surface area contributed by atoms with Crippen LogP contribution in [0.25, 0.3) is 0 Å². The molecule has 16 heavy (non-hydrogen) atoms. The summed E-state index contributed by atoms with van der Waals surface area (Å²) in [5, 5.41) is 2.89. The summed E-state index contributed by atoms with van der Waals surface area (Å²) in [4.78, 5) is 12.7. The molecular weight excluding hydrogens is 244 g/mol. The maximum Gasteiger partial charge on any atom is 0.223 e. The highest BCUT2D eigenvalue weighted by Crippen LogP contribution is 2.21. The Hall–Kier alpha value is -0.580. The Kier molecular flexibility index (Phi) is 5.80. The minimum absolute atomic E-state index is 0.0268. The molecule has 0 saturated carbocycles. The van der Waals surface area contributed by atoms with Crippen molar-refractivity contribution >= 4 is 28.8 Å². The number of thiophene rings is 1. The standard InChI is InChI=1S/C11H17ClN2OS/c1-8(3-2-6-13)11(15)14-7-9-4-5-10(12)16-9/h4-5,8H,2-3,6-7,13H2,1H3,(H,14,15). The van der Waals surface area contributed by atoms with E-state index in [9.17, 15) is 4.79 Å². The van der Waals surface area contributed by atoms with Crippen LogP contribution >= 0.6 is 22.9 Å². The first-order valence-electron chi connectivity index (χ1n) is 5.35. The van der Waals surface area contributed by atoms with Crippen molar-refractivity contribution in [2.75, 3.05) is 6.54 Å². The van der Waals surface area contributed by atoms with Crippen LogP contribution in [0.3, 0.4) is 0 Å². The predicted molar refractivity (Wildman–Crippen MR) is 68.6 cm³/mol. The minimum Gasteiger partial charge on any atom is -0.351 e. The van der Waals surface area contributed by atoms with E-state index >= 15 is 0 Å². The van der Waals surface area contributed by atoms with E-state index in [2.05, 4.69) is 5.32 Å². The number of carbonyl (C=O) groups excluding carboxylic acids is 1. The Balaban J connectivity index is 2.29. The Labute approximate surface area is 105 Å². The lowest BCUT2D eigenvalue weighted by Gasteiger charge is -2.10. The van der Waals surface area contributed by atoms with Gasteiger partial charge in [-0.15, -0.1) is 11.3 Å². The molecule has 3 nitrogen and oxygen atoms in total. The smallest absolute Gasteiger partial charge is 0.223 e. The quantitative estimate of drug-likeness (QED) is 0.825. The van der Waals surface area contributed by atoms with Gasteiger partial charge in [-0.2, -0.15) is 0 Å². The number of hydrogen-bond acceptors (Lipinski definition) is 3. The largest absolute Gasteiger partial charge is 0.351 e. The summed E-state index contributed by atoms with van der Waals surface area (Å²) in [5.74, 6) is 0.108. The molecule has 3 N–H and O–H groups in total. The van der Waals surface area contributed by atoms with Gasteiger partial charge in [0.2, 0.25) is 5.91 Å². The van der Waals surface area contributed by atoms with Crippen molar-refractivity contribution in [3.8, 4) is 0 Å². The second-order valence-electron chi connectivity index (χ2n) is 3.76. The van der Waals surface area contributed by atoms with Crippen LogP contribution in [0.15, 0.2) is 12.1 Å². The van der Waals surface area contributed by atoms with Crippen LogP contribution < -0.4 is 11.1 Å². The summed E-state index contributed by atoms with van der Waals surface area (Å²) < 4.78 is 0.750. The van der Waals surface area contributed by atoms with Crippen LogP contribution in [-0.4, -0.2) is 12.5 Å². The van der Waals surface area contributed by atoms with Crippen LogP contribution in [0, 0.1) is 5.92 Å². The summed E-state index contributed by atoms with van der Waals surface area (Å²) in [5.41, 5.74) is 5.40. The molecule has 1 heterocycles. The van der Waals surface area contributed by atoms with E-state index in [1.165, 1.54) is 11.3 Å². The Morgan fingerprint density at radius 2 is 2.38 bits per heavy atom. The molecule has 90 valence electrons. The maximum absolute atomic E-state index is 11.6. The fraction of sp³-hybridized carbons (Fsp3) is 0.545. The molecule has 1 amide bonds. The van der Waals surface area contributed by atoms with Gasteiger partial charge in [0.25, 0.3) is 0 Å². The van der Waals surface area contributed by atoms with Crippen LogP contribution in [0.4, 0.5) is 0 Å². The summed E-state index contributed by atoms with van der Waals surface area (Å²) in [6, 6.07) is 3.77. The van der Waals surface area contributed by atoms with Gasteiger partial charge in [-0.3, -0.25) is 4.79 Å². The predicted octanol–water partition coefficient (Wildman–Crippen LogP) is 2.39. The highest BCUT2D eigenvalue weighted by atomic mass is 35.5. The lowest BCUT2D eigenvalue weighted by Crippen LogP contribution is -2.28. The summed E-state index contributed by atoms with van der Waals surface area (Å²) in [7, 11) is 0. The SMILES string of the molecule is CC(CCCN)C(=O)NCc1ccc(Cl)s1. The molecule has 0 saturated heterocycles. The lowest BCUT2D eigenvalue weighted by molar-refractivity contribution is -0.124. The first kappa shape index (κ1) is 13.5. The Morgan fingerprint density at radius 1 is 1.62 bits per heavy atom. The molecule has 1 aromatic heterocycles. The van der Waals surface area contributed by atoms with Crippen LogP contribution in [-0.2, 0) is 11.3 Å². The topological polar surface area (TPSA) is 55.1 Å². The molecule has 0 aliphatic carbocycles. The molecule has 0 radical (unpaired) electrons. The molecule has 1 unspecified atom stereocenters. The van der Waals surface area contributed by atoms with Crippen LogP contribution in [0.5, 0.6) is 0 Å². The lowest BCUT2D eigenvalue weighted by atomic mass is 10.1. The van der Waals surface area contributed by atoms with E-state index in [0.29, 0.717) is 13.1 Å². The molecule has 1 atom stereocenters. The number of hydrogen-bond donors (Lipinski definition) is 2. The van der Waals surface area contributed by atoms with Crippen molar-refractivity contribution in [2.45, 2.75) is 26.3 Å². The third-order valence-electron chi connectivity index (χ3n) is 2.35. The number of halogens is 1. The van der Waals surface area contributed by atoms with Crippen molar-refractivity contribution in [1.82, 2.24) is 5.32 Å². The van der Waals surface area contributed by atoms with Crippen molar-refractivity contribution in [1.29, 1.82) is 0 Å². The van der Waals surface area contributed by atoms with Gasteiger partial charge in [0.05, 0.1) is 10.9 Å². The van der Waals surface area contributed by atoms with Gasteiger partial charge in [-0.05, 0) is 31.5 Å². The van der Waals surface area contributed by atoms with Crippen LogP contribution in [0.2, 0.25) is 4.34 Å². The van der Waals surface area contributed by atoms with E-state index < -0.39 is 0 Å². The fourth-order valence-corrected chi connectivity index (χ4v) is 2.38. The van der Waals surface area contributed by atoms with Gasteiger partial charge < -0.3 is 11.1 Å². The number of amides is 1. The van der Waals surface area contributed by atoms with Gasteiger partial charge >= 0.3 is 0 Å². The number of rotatable bonds is 6. The highest BCUT2D eigenvalue weighted by molar-refractivity contribution is 7.16. The zero-order chi connectivity index (χ0) is 12.0. The molecular formula is C11H17ClN2OS.